The van der Waals surface area contributed by atoms with E-state index in [1.54, 1.807) is 11.4 Å². The van der Waals surface area contributed by atoms with Crippen LogP contribution in [0.2, 0.25) is 0 Å². The predicted molar refractivity (Wildman–Crippen MR) is 71.4 cm³/mol. The van der Waals surface area contributed by atoms with Gasteiger partial charge in [0.1, 0.15) is 0 Å². The first-order valence-corrected chi connectivity index (χ1v) is 7.89. The molecule has 0 aliphatic carbocycles. The van der Waals surface area contributed by atoms with Crippen LogP contribution in [0.25, 0.3) is 0 Å². The summed E-state index contributed by atoms with van der Waals surface area (Å²) in [4.78, 5) is 0. The van der Waals surface area contributed by atoms with E-state index in [-0.39, 0.29) is 6.04 Å². The summed E-state index contributed by atoms with van der Waals surface area (Å²) in [5.41, 5.74) is 5.50. The van der Waals surface area contributed by atoms with E-state index < -0.39 is 10.2 Å². The second-order valence-electron chi connectivity index (χ2n) is 4.64. The summed E-state index contributed by atoms with van der Waals surface area (Å²) in [6.07, 6.45) is 2.96. The van der Waals surface area contributed by atoms with Crippen molar-refractivity contribution < 1.29 is 13.2 Å². The summed E-state index contributed by atoms with van der Waals surface area (Å²) in [5, 5.41) is 0. The molecule has 108 valence electrons. The average molecular weight is 279 g/mol. The van der Waals surface area contributed by atoms with Crippen LogP contribution >= 0.6 is 0 Å². The topological polar surface area (TPSA) is 75.9 Å². The van der Waals surface area contributed by atoms with Gasteiger partial charge in [0.25, 0.3) is 10.2 Å². The third-order valence-electron chi connectivity index (χ3n) is 3.29. The third-order valence-corrected chi connectivity index (χ3v) is 5.44. The lowest BCUT2D eigenvalue weighted by molar-refractivity contribution is 0.172. The fraction of sp³-hybridized carbons (Fsp3) is 1.00. The van der Waals surface area contributed by atoms with Gasteiger partial charge in [0.05, 0.1) is 6.61 Å². The molecule has 6 nitrogen and oxygen atoms in total. The van der Waals surface area contributed by atoms with Gasteiger partial charge in [0.15, 0.2) is 0 Å². The fourth-order valence-corrected chi connectivity index (χ4v) is 4.10. The van der Waals surface area contributed by atoms with E-state index in [0.29, 0.717) is 32.8 Å². The molecule has 0 spiro atoms. The Morgan fingerprint density at radius 3 is 2.67 bits per heavy atom. The minimum atomic E-state index is -3.40. The molecule has 1 unspecified atom stereocenters. The molecular weight excluding hydrogens is 254 g/mol. The maximum Gasteiger partial charge on any atom is 0.282 e. The van der Waals surface area contributed by atoms with E-state index >= 15 is 0 Å². The number of piperidine rings is 1. The molecule has 0 bridgehead atoms. The number of nitrogens with two attached hydrogens (primary N) is 1. The fourth-order valence-electron chi connectivity index (χ4n) is 2.24. The highest BCUT2D eigenvalue weighted by molar-refractivity contribution is 7.86. The Morgan fingerprint density at radius 1 is 1.39 bits per heavy atom. The molecule has 1 atom stereocenters. The van der Waals surface area contributed by atoms with Crippen molar-refractivity contribution in [2.45, 2.75) is 32.2 Å². The SMILES string of the molecule is COCCN(CCN)S(=O)(=O)N1CCCCC1C. The second-order valence-corrected chi connectivity index (χ2v) is 6.52. The van der Waals surface area contributed by atoms with E-state index in [2.05, 4.69) is 0 Å². The molecule has 1 fully saturated rings. The highest BCUT2D eigenvalue weighted by atomic mass is 32.2. The van der Waals surface area contributed by atoms with E-state index in [0.717, 1.165) is 19.3 Å². The maximum atomic E-state index is 12.5. The second kappa shape index (κ2) is 7.40. The Bertz CT molecular complexity index is 334. The predicted octanol–water partition coefficient (Wildman–Crippen LogP) is 0.0127. The summed E-state index contributed by atoms with van der Waals surface area (Å²) in [5.74, 6) is 0. The minimum Gasteiger partial charge on any atom is -0.383 e. The van der Waals surface area contributed by atoms with Crippen molar-refractivity contribution in [1.82, 2.24) is 8.61 Å². The molecule has 0 radical (unpaired) electrons. The molecular formula is C11H25N3O3S. The number of ether oxygens (including phenoxy) is 1. The molecule has 2 N–H and O–H groups in total. The van der Waals surface area contributed by atoms with Crippen molar-refractivity contribution in [3.63, 3.8) is 0 Å². The Labute approximate surface area is 110 Å². The summed E-state index contributed by atoms with van der Waals surface area (Å²) in [6, 6.07) is 0.0755. The first kappa shape index (κ1) is 15.8. The van der Waals surface area contributed by atoms with Gasteiger partial charge in [-0.3, -0.25) is 0 Å². The molecule has 0 saturated carbocycles. The van der Waals surface area contributed by atoms with Crippen molar-refractivity contribution in [3.05, 3.63) is 0 Å². The average Bonchev–Trinajstić information content (AvgIpc) is 2.34. The normalized spacial score (nSPS) is 22.6. The van der Waals surface area contributed by atoms with Gasteiger partial charge in [0.2, 0.25) is 0 Å². The zero-order chi connectivity index (χ0) is 13.6. The quantitative estimate of drug-likeness (QED) is 0.712. The van der Waals surface area contributed by atoms with Gasteiger partial charge >= 0.3 is 0 Å². The van der Waals surface area contributed by atoms with Gasteiger partial charge in [-0.05, 0) is 19.8 Å². The Hall–Kier alpha value is -0.210. The maximum absolute atomic E-state index is 12.5. The number of hydrogen-bond donors (Lipinski definition) is 1. The lowest BCUT2D eigenvalue weighted by atomic mass is 10.1. The van der Waals surface area contributed by atoms with E-state index in [9.17, 15) is 8.42 Å². The van der Waals surface area contributed by atoms with E-state index in [1.165, 1.54) is 4.31 Å². The number of nitrogens with zero attached hydrogens (tertiary/aromatic N) is 2. The van der Waals surface area contributed by atoms with Crippen LogP contribution in [-0.2, 0) is 14.9 Å². The molecule has 0 aromatic rings. The molecule has 7 heteroatoms. The lowest BCUT2D eigenvalue weighted by Crippen LogP contribution is -2.51. The van der Waals surface area contributed by atoms with Crippen molar-refractivity contribution >= 4 is 10.2 Å². The zero-order valence-corrected chi connectivity index (χ0v) is 12.2. The van der Waals surface area contributed by atoms with Gasteiger partial charge in [-0.15, -0.1) is 0 Å². The lowest BCUT2D eigenvalue weighted by Gasteiger charge is -2.36. The van der Waals surface area contributed by atoms with Crippen LogP contribution in [0.4, 0.5) is 0 Å². The van der Waals surface area contributed by atoms with E-state index in [1.807, 2.05) is 6.92 Å². The summed E-state index contributed by atoms with van der Waals surface area (Å²) < 4.78 is 33.1. The van der Waals surface area contributed by atoms with Crippen LogP contribution in [0.5, 0.6) is 0 Å². The molecule has 0 aromatic heterocycles. The van der Waals surface area contributed by atoms with Crippen LogP contribution in [-0.4, -0.2) is 63.0 Å². The van der Waals surface area contributed by atoms with Crippen molar-refractivity contribution in [2.24, 2.45) is 5.73 Å². The minimum absolute atomic E-state index is 0.0755. The molecule has 1 rings (SSSR count). The summed E-state index contributed by atoms with van der Waals surface area (Å²) in [7, 11) is -1.83. The first-order chi connectivity index (χ1) is 8.54. The van der Waals surface area contributed by atoms with Gasteiger partial charge in [-0.1, -0.05) is 6.42 Å². The molecule has 0 aromatic carbocycles. The van der Waals surface area contributed by atoms with Crippen LogP contribution in [0.15, 0.2) is 0 Å². The van der Waals surface area contributed by atoms with Crippen molar-refractivity contribution in [1.29, 1.82) is 0 Å². The molecule has 0 amide bonds. The van der Waals surface area contributed by atoms with Gasteiger partial charge in [-0.25, -0.2) is 0 Å². The highest BCUT2D eigenvalue weighted by Crippen LogP contribution is 2.21. The Balaban J connectivity index is 2.78. The smallest absolute Gasteiger partial charge is 0.282 e. The van der Waals surface area contributed by atoms with Gasteiger partial charge < -0.3 is 10.5 Å². The third kappa shape index (κ3) is 3.89. The Morgan fingerprint density at radius 2 is 2.11 bits per heavy atom. The number of rotatable bonds is 7. The van der Waals surface area contributed by atoms with Crippen LogP contribution in [0.3, 0.4) is 0 Å². The molecule has 1 aliphatic heterocycles. The Kier molecular flexibility index (Phi) is 6.51. The number of hydrogen-bond acceptors (Lipinski definition) is 4. The van der Waals surface area contributed by atoms with Crippen molar-refractivity contribution in [3.8, 4) is 0 Å². The van der Waals surface area contributed by atoms with E-state index in [4.69, 9.17) is 10.5 Å². The van der Waals surface area contributed by atoms with Crippen LogP contribution in [0.1, 0.15) is 26.2 Å². The number of methoxy groups -OCH3 is 1. The summed E-state index contributed by atoms with van der Waals surface area (Å²) in [6.45, 7) is 3.99. The van der Waals surface area contributed by atoms with Crippen LogP contribution < -0.4 is 5.73 Å². The van der Waals surface area contributed by atoms with Crippen molar-refractivity contribution in [2.75, 3.05) is 39.9 Å². The van der Waals surface area contributed by atoms with Gasteiger partial charge in [0, 0.05) is 39.3 Å². The largest absolute Gasteiger partial charge is 0.383 e. The monoisotopic (exact) mass is 279 g/mol. The zero-order valence-electron chi connectivity index (χ0n) is 11.3. The molecule has 18 heavy (non-hydrogen) atoms. The van der Waals surface area contributed by atoms with Gasteiger partial charge in [-0.2, -0.15) is 17.0 Å². The highest BCUT2D eigenvalue weighted by Gasteiger charge is 2.33. The van der Waals surface area contributed by atoms with Crippen LogP contribution in [0, 0.1) is 0 Å². The first-order valence-electron chi connectivity index (χ1n) is 6.50. The molecule has 1 aliphatic rings. The standard InChI is InChI=1S/C11H25N3O3S/c1-11-5-3-4-7-14(11)18(15,16)13(8-6-12)9-10-17-2/h11H,3-10,12H2,1-2H3. The molecule has 1 heterocycles. The molecule has 1 saturated heterocycles. The summed E-state index contributed by atoms with van der Waals surface area (Å²) >= 11 is 0.